The summed E-state index contributed by atoms with van der Waals surface area (Å²) < 4.78 is 27.1. The van der Waals surface area contributed by atoms with Crippen LogP contribution >= 0.6 is 11.3 Å². The minimum atomic E-state index is -3.69. The Morgan fingerprint density at radius 1 is 1.23 bits per heavy atom. The Hall–Kier alpha value is -2.06. The Labute approximate surface area is 157 Å². The van der Waals surface area contributed by atoms with Crippen molar-refractivity contribution in [3.63, 3.8) is 0 Å². The maximum Gasteiger partial charge on any atom is 0.271 e. The first kappa shape index (κ1) is 18.7. The van der Waals surface area contributed by atoms with Crippen molar-refractivity contribution >= 4 is 33.0 Å². The number of piperidine rings is 1. The number of phenolic OH excluding ortho intramolecular Hbond substituents is 1. The molecular formula is C18H22N2O4S2. The van der Waals surface area contributed by atoms with E-state index < -0.39 is 10.0 Å². The van der Waals surface area contributed by atoms with Gasteiger partial charge in [-0.2, -0.15) is 0 Å². The lowest BCUT2D eigenvalue weighted by molar-refractivity contribution is 0.0620. The highest BCUT2D eigenvalue weighted by Gasteiger charge is 2.27. The second-order valence-corrected chi connectivity index (χ2v) is 9.78. The third kappa shape index (κ3) is 4.02. The van der Waals surface area contributed by atoms with Gasteiger partial charge in [-0.3, -0.25) is 9.52 Å². The molecule has 0 aliphatic carbocycles. The molecule has 2 atom stereocenters. The number of hydrogen-bond donors (Lipinski definition) is 2. The van der Waals surface area contributed by atoms with Gasteiger partial charge in [0, 0.05) is 19.2 Å². The third-order valence-electron chi connectivity index (χ3n) is 4.40. The standard InChI is InChI=1S/C18H22N2O4S2/c1-12-8-13(2)11-20(10-12)18(22)15-6-5-14(9-16(15)21)19-26(23,24)17-4-3-7-25-17/h3-7,9,12-13,19,21H,8,10-11H2,1-2H3. The normalized spacial score (nSPS) is 20.8. The van der Waals surface area contributed by atoms with Gasteiger partial charge in [0.05, 0.1) is 11.3 Å². The molecule has 26 heavy (non-hydrogen) atoms. The van der Waals surface area contributed by atoms with E-state index in [1.807, 2.05) is 0 Å². The Balaban J connectivity index is 1.78. The summed E-state index contributed by atoms with van der Waals surface area (Å²) in [7, 11) is -3.69. The van der Waals surface area contributed by atoms with Crippen molar-refractivity contribution in [3.05, 3.63) is 41.3 Å². The molecule has 0 bridgehead atoms. The number of benzene rings is 1. The molecule has 1 aromatic heterocycles. The summed E-state index contributed by atoms with van der Waals surface area (Å²) in [5, 5.41) is 11.9. The van der Waals surface area contributed by atoms with Gasteiger partial charge in [0.2, 0.25) is 0 Å². The van der Waals surface area contributed by atoms with E-state index in [1.165, 1.54) is 24.3 Å². The van der Waals surface area contributed by atoms with Crippen LogP contribution in [0.1, 0.15) is 30.6 Å². The van der Waals surface area contributed by atoms with Gasteiger partial charge in [0.25, 0.3) is 15.9 Å². The minimum absolute atomic E-state index is 0.186. The van der Waals surface area contributed by atoms with Gasteiger partial charge in [-0.1, -0.05) is 19.9 Å². The number of hydrogen-bond acceptors (Lipinski definition) is 5. The Morgan fingerprint density at radius 3 is 2.50 bits per heavy atom. The number of carbonyl (C=O) groups is 1. The summed E-state index contributed by atoms with van der Waals surface area (Å²) in [5.74, 6) is 0.379. The summed E-state index contributed by atoms with van der Waals surface area (Å²) >= 11 is 1.11. The van der Waals surface area contributed by atoms with Gasteiger partial charge < -0.3 is 10.0 Å². The van der Waals surface area contributed by atoms with Crippen molar-refractivity contribution in [2.24, 2.45) is 11.8 Å². The summed E-state index contributed by atoms with van der Waals surface area (Å²) in [4.78, 5) is 14.5. The maximum atomic E-state index is 12.7. The zero-order valence-corrected chi connectivity index (χ0v) is 16.3. The van der Waals surface area contributed by atoms with Gasteiger partial charge in [0.15, 0.2) is 0 Å². The molecular weight excluding hydrogens is 372 g/mol. The number of carbonyl (C=O) groups excluding carboxylic acids is 1. The molecule has 2 N–H and O–H groups in total. The smallest absolute Gasteiger partial charge is 0.271 e. The van der Waals surface area contributed by atoms with Gasteiger partial charge in [0.1, 0.15) is 9.96 Å². The van der Waals surface area contributed by atoms with E-state index in [-0.39, 0.29) is 27.1 Å². The number of aromatic hydroxyl groups is 1. The molecule has 1 saturated heterocycles. The van der Waals surface area contributed by atoms with Gasteiger partial charge in [-0.25, -0.2) is 8.42 Å². The van der Waals surface area contributed by atoms with Crippen LogP contribution in [-0.4, -0.2) is 37.4 Å². The van der Waals surface area contributed by atoms with Crippen LogP contribution in [0.2, 0.25) is 0 Å². The lowest BCUT2D eigenvalue weighted by Gasteiger charge is -2.35. The molecule has 0 saturated carbocycles. The number of thiophene rings is 1. The van der Waals surface area contributed by atoms with Crippen molar-refractivity contribution in [1.82, 2.24) is 4.90 Å². The molecule has 1 aromatic carbocycles. The van der Waals surface area contributed by atoms with E-state index >= 15 is 0 Å². The predicted octanol–water partition coefficient (Wildman–Crippen LogP) is 3.37. The molecule has 1 aliphatic heterocycles. The average Bonchev–Trinajstić information content (AvgIpc) is 3.08. The summed E-state index contributed by atoms with van der Waals surface area (Å²) in [5.41, 5.74) is 0.401. The van der Waals surface area contributed by atoms with Crippen molar-refractivity contribution < 1.29 is 18.3 Å². The van der Waals surface area contributed by atoms with Gasteiger partial charge >= 0.3 is 0 Å². The lowest BCUT2D eigenvalue weighted by atomic mass is 9.91. The van der Waals surface area contributed by atoms with E-state index in [2.05, 4.69) is 18.6 Å². The van der Waals surface area contributed by atoms with Crippen LogP contribution in [0.5, 0.6) is 5.75 Å². The first-order chi connectivity index (χ1) is 12.3. The number of nitrogens with zero attached hydrogens (tertiary/aromatic N) is 1. The maximum absolute atomic E-state index is 12.7. The second kappa shape index (κ2) is 7.28. The molecule has 140 valence electrons. The zero-order valence-electron chi connectivity index (χ0n) is 14.7. The van der Waals surface area contributed by atoms with Crippen LogP contribution in [0.4, 0.5) is 5.69 Å². The van der Waals surface area contributed by atoms with Gasteiger partial charge in [-0.05, 0) is 41.8 Å². The van der Waals surface area contributed by atoms with Gasteiger partial charge in [-0.15, -0.1) is 11.3 Å². The average molecular weight is 395 g/mol. The monoisotopic (exact) mass is 394 g/mol. The minimum Gasteiger partial charge on any atom is -0.507 e. The Kier molecular flexibility index (Phi) is 5.24. The van der Waals surface area contributed by atoms with E-state index in [0.29, 0.717) is 24.9 Å². The largest absolute Gasteiger partial charge is 0.507 e. The summed E-state index contributed by atoms with van der Waals surface area (Å²) in [6.07, 6.45) is 1.08. The highest BCUT2D eigenvalue weighted by molar-refractivity contribution is 7.94. The first-order valence-electron chi connectivity index (χ1n) is 8.45. The first-order valence-corrected chi connectivity index (χ1v) is 10.8. The van der Waals surface area contributed by atoms with E-state index in [9.17, 15) is 18.3 Å². The number of amides is 1. The molecule has 1 amide bonds. The molecule has 8 heteroatoms. The van der Waals surface area contributed by atoms with Crippen molar-refractivity contribution in [2.45, 2.75) is 24.5 Å². The summed E-state index contributed by atoms with van der Waals surface area (Å²) in [6, 6.07) is 7.39. The zero-order chi connectivity index (χ0) is 18.9. The van der Waals surface area contributed by atoms with Crippen LogP contribution in [0.15, 0.2) is 39.9 Å². The Morgan fingerprint density at radius 2 is 1.92 bits per heavy atom. The molecule has 2 aromatic rings. The van der Waals surface area contributed by atoms with E-state index in [4.69, 9.17) is 0 Å². The summed E-state index contributed by atoms with van der Waals surface area (Å²) in [6.45, 7) is 5.54. The fraction of sp³-hybridized carbons (Fsp3) is 0.389. The van der Waals surface area contributed by atoms with Crippen LogP contribution in [0.25, 0.3) is 0 Å². The highest BCUT2D eigenvalue weighted by Crippen LogP contribution is 2.28. The topological polar surface area (TPSA) is 86.7 Å². The van der Waals surface area contributed by atoms with Crippen molar-refractivity contribution in [1.29, 1.82) is 0 Å². The second-order valence-electron chi connectivity index (χ2n) is 6.93. The van der Waals surface area contributed by atoms with Crippen molar-refractivity contribution in [2.75, 3.05) is 17.8 Å². The molecule has 2 heterocycles. The number of likely N-dealkylation sites (tertiary alicyclic amines) is 1. The molecule has 0 spiro atoms. The van der Waals surface area contributed by atoms with Crippen LogP contribution in [0.3, 0.4) is 0 Å². The van der Waals surface area contributed by atoms with E-state index in [1.54, 1.807) is 16.3 Å². The third-order valence-corrected chi connectivity index (χ3v) is 7.18. The lowest BCUT2D eigenvalue weighted by Crippen LogP contribution is -2.42. The molecule has 0 radical (unpaired) electrons. The van der Waals surface area contributed by atoms with Crippen LogP contribution in [0, 0.1) is 11.8 Å². The van der Waals surface area contributed by atoms with Crippen LogP contribution in [-0.2, 0) is 10.0 Å². The quantitative estimate of drug-likeness (QED) is 0.832. The molecule has 6 nitrogen and oxygen atoms in total. The van der Waals surface area contributed by atoms with E-state index in [0.717, 1.165) is 17.8 Å². The fourth-order valence-corrected chi connectivity index (χ4v) is 5.44. The molecule has 2 unspecified atom stereocenters. The fourth-order valence-electron chi connectivity index (χ4n) is 3.40. The number of phenols is 1. The molecule has 1 fully saturated rings. The number of nitrogens with one attached hydrogen (secondary N) is 1. The number of rotatable bonds is 4. The number of anilines is 1. The Bertz CT molecular complexity index is 884. The molecule has 1 aliphatic rings. The predicted molar refractivity (Wildman–Crippen MR) is 102 cm³/mol. The molecule has 3 rings (SSSR count). The SMILES string of the molecule is CC1CC(C)CN(C(=O)c2ccc(NS(=O)(=O)c3cccs3)cc2O)C1. The highest BCUT2D eigenvalue weighted by atomic mass is 32.2. The van der Waals surface area contributed by atoms with Crippen LogP contribution < -0.4 is 4.72 Å². The number of sulfonamides is 1. The van der Waals surface area contributed by atoms with Crippen molar-refractivity contribution in [3.8, 4) is 5.75 Å².